The van der Waals surface area contributed by atoms with Crippen molar-refractivity contribution in [1.82, 2.24) is 35.0 Å². The molecule has 2 heterocycles. The standard InChI is InChI=1S/C22H21N7O/c1-3-5-14-29-22(30)28(20(4-2)25-29)15-16-10-12-17(13-11-16)18-8-6-7-9-19(18)21-23-26-27-24-21/h1,6-13H,4-5,14-15H2,2H3,(H,23,24,26,27). The van der Waals surface area contributed by atoms with E-state index in [4.69, 9.17) is 6.42 Å². The van der Waals surface area contributed by atoms with Crippen LogP contribution < -0.4 is 5.69 Å². The van der Waals surface area contributed by atoms with Crippen molar-refractivity contribution in [3.05, 3.63) is 70.4 Å². The minimum atomic E-state index is -0.130. The predicted octanol–water partition coefficient (Wildman–Crippen LogP) is 2.53. The highest BCUT2D eigenvalue weighted by molar-refractivity contribution is 5.80. The van der Waals surface area contributed by atoms with E-state index in [1.165, 1.54) is 4.68 Å². The van der Waals surface area contributed by atoms with E-state index in [0.717, 1.165) is 28.1 Å². The Balaban J connectivity index is 1.62. The SMILES string of the molecule is C#CCCn1nc(CC)n(Cc2ccc(-c3ccccc3-c3nnn[nH]3)cc2)c1=O. The molecule has 1 N–H and O–H groups in total. The maximum atomic E-state index is 12.7. The van der Waals surface area contributed by atoms with Crippen LogP contribution in [-0.4, -0.2) is 35.0 Å². The van der Waals surface area contributed by atoms with E-state index in [2.05, 4.69) is 31.6 Å². The van der Waals surface area contributed by atoms with Gasteiger partial charge in [0.05, 0.1) is 13.1 Å². The van der Waals surface area contributed by atoms with Gasteiger partial charge in [0.1, 0.15) is 5.82 Å². The topological polar surface area (TPSA) is 94.3 Å². The van der Waals surface area contributed by atoms with Crippen LogP contribution in [0.3, 0.4) is 0 Å². The van der Waals surface area contributed by atoms with Gasteiger partial charge in [-0.05, 0) is 27.1 Å². The molecule has 0 aliphatic carbocycles. The summed E-state index contributed by atoms with van der Waals surface area (Å²) in [6.45, 7) is 2.88. The molecule has 150 valence electrons. The van der Waals surface area contributed by atoms with Gasteiger partial charge < -0.3 is 0 Å². The fraction of sp³-hybridized carbons (Fsp3) is 0.227. The van der Waals surface area contributed by atoms with Crippen molar-refractivity contribution in [2.75, 3.05) is 0 Å². The van der Waals surface area contributed by atoms with E-state index in [1.54, 1.807) is 4.57 Å². The Hall–Kier alpha value is -3.99. The zero-order valence-corrected chi connectivity index (χ0v) is 16.6. The molecule has 0 unspecified atom stereocenters. The van der Waals surface area contributed by atoms with Gasteiger partial charge >= 0.3 is 5.69 Å². The van der Waals surface area contributed by atoms with Gasteiger partial charge in [0.15, 0.2) is 5.82 Å². The van der Waals surface area contributed by atoms with Crippen LogP contribution in [0.5, 0.6) is 0 Å². The van der Waals surface area contributed by atoms with Crippen LogP contribution in [0.4, 0.5) is 0 Å². The number of nitrogens with zero attached hydrogens (tertiary/aromatic N) is 6. The first-order valence-corrected chi connectivity index (χ1v) is 9.73. The third kappa shape index (κ3) is 3.78. The molecule has 8 heteroatoms. The van der Waals surface area contributed by atoms with Crippen LogP contribution in [0.25, 0.3) is 22.5 Å². The molecular weight excluding hydrogens is 378 g/mol. The molecule has 0 atom stereocenters. The molecule has 30 heavy (non-hydrogen) atoms. The lowest BCUT2D eigenvalue weighted by Gasteiger charge is -2.09. The molecule has 4 aromatic rings. The molecule has 0 radical (unpaired) electrons. The number of terminal acetylenes is 1. The van der Waals surface area contributed by atoms with Crippen molar-refractivity contribution in [1.29, 1.82) is 0 Å². The summed E-state index contributed by atoms with van der Waals surface area (Å²) in [5.41, 5.74) is 3.88. The number of benzene rings is 2. The van der Waals surface area contributed by atoms with Crippen LogP contribution in [-0.2, 0) is 19.5 Å². The van der Waals surface area contributed by atoms with E-state index in [1.807, 2.05) is 55.5 Å². The largest absolute Gasteiger partial charge is 0.346 e. The van der Waals surface area contributed by atoms with Gasteiger partial charge in [0.2, 0.25) is 0 Å². The maximum absolute atomic E-state index is 12.7. The summed E-state index contributed by atoms with van der Waals surface area (Å²) in [6, 6.07) is 16.1. The first kappa shape index (κ1) is 19.3. The quantitative estimate of drug-likeness (QED) is 0.482. The van der Waals surface area contributed by atoms with Crippen molar-refractivity contribution < 1.29 is 0 Å². The lowest BCUT2D eigenvalue weighted by Crippen LogP contribution is -2.26. The lowest BCUT2D eigenvalue weighted by atomic mass is 9.98. The van der Waals surface area contributed by atoms with Crippen LogP contribution in [0.2, 0.25) is 0 Å². The molecule has 0 amide bonds. The second-order valence-electron chi connectivity index (χ2n) is 6.81. The van der Waals surface area contributed by atoms with Crippen molar-refractivity contribution >= 4 is 0 Å². The molecule has 0 saturated heterocycles. The molecule has 2 aromatic heterocycles. The van der Waals surface area contributed by atoms with Crippen molar-refractivity contribution in [3.8, 4) is 34.9 Å². The fourth-order valence-electron chi connectivity index (χ4n) is 3.41. The van der Waals surface area contributed by atoms with Crippen LogP contribution in [0.1, 0.15) is 24.7 Å². The number of hydrogen-bond acceptors (Lipinski definition) is 5. The van der Waals surface area contributed by atoms with Gasteiger partial charge in [0.25, 0.3) is 0 Å². The molecular formula is C22H21N7O. The molecule has 0 fully saturated rings. The van der Waals surface area contributed by atoms with Gasteiger partial charge in [-0.15, -0.1) is 17.4 Å². The average molecular weight is 399 g/mol. The highest BCUT2D eigenvalue weighted by atomic mass is 16.2. The Morgan fingerprint density at radius 3 is 2.53 bits per heavy atom. The summed E-state index contributed by atoms with van der Waals surface area (Å²) in [7, 11) is 0. The maximum Gasteiger partial charge on any atom is 0.346 e. The summed E-state index contributed by atoms with van der Waals surface area (Å²) in [5, 5.41) is 18.6. The van der Waals surface area contributed by atoms with Crippen molar-refractivity contribution in [2.45, 2.75) is 32.9 Å². The average Bonchev–Trinajstić information content (AvgIpc) is 3.42. The van der Waals surface area contributed by atoms with Gasteiger partial charge in [-0.3, -0.25) is 4.57 Å². The zero-order valence-electron chi connectivity index (χ0n) is 16.6. The summed E-state index contributed by atoms with van der Waals surface area (Å²) < 4.78 is 3.16. The van der Waals surface area contributed by atoms with E-state index in [9.17, 15) is 4.79 Å². The number of rotatable bonds is 7. The van der Waals surface area contributed by atoms with Gasteiger partial charge in [-0.1, -0.05) is 55.5 Å². The number of tetrazole rings is 1. The normalized spacial score (nSPS) is 10.8. The number of nitrogens with one attached hydrogen (secondary N) is 1. The first-order valence-electron chi connectivity index (χ1n) is 9.73. The Labute approximate surface area is 173 Å². The first-order chi connectivity index (χ1) is 14.7. The molecule has 0 bridgehead atoms. The minimum Gasteiger partial charge on any atom is -0.274 e. The molecule has 0 aliphatic rings. The summed E-state index contributed by atoms with van der Waals surface area (Å²) >= 11 is 0. The number of hydrogen-bond donors (Lipinski definition) is 1. The number of aromatic nitrogens is 7. The Kier molecular flexibility index (Phi) is 5.52. The lowest BCUT2D eigenvalue weighted by molar-refractivity contribution is 0.591. The van der Waals surface area contributed by atoms with Crippen LogP contribution in [0, 0.1) is 12.3 Å². The predicted molar refractivity (Wildman–Crippen MR) is 113 cm³/mol. The third-order valence-corrected chi connectivity index (χ3v) is 4.92. The highest BCUT2D eigenvalue weighted by Gasteiger charge is 2.13. The Morgan fingerprint density at radius 1 is 1.10 bits per heavy atom. The van der Waals surface area contributed by atoms with Gasteiger partial charge in [-0.25, -0.2) is 14.6 Å². The molecule has 0 saturated carbocycles. The van der Waals surface area contributed by atoms with E-state index in [0.29, 0.717) is 31.8 Å². The fourth-order valence-corrected chi connectivity index (χ4v) is 3.41. The monoisotopic (exact) mass is 399 g/mol. The Bertz CT molecular complexity index is 1230. The van der Waals surface area contributed by atoms with Gasteiger partial charge in [-0.2, -0.15) is 5.10 Å². The molecule has 2 aromatic carbocycles. The number of aryl methyl sites for hydroxylation is 2. The van der Waals surface area contributed by atoms with Crippen LogP contribution in [0.15, 0.2) is 53.3 Å². The van der Waals surface area contributed by atoms with Crippen molar-refractivity contribution in [3.63, 3.8) is 0 Å². The van der Waals surface area contributed by atoms with E-state index >= 15 is 0 Å². The molecule has 0 aliphatic heterocycles. The summed E-state index contributed by atoms with van der Waals surface area (Å²) in [5.74, 6) is 3.93. The molecule has 0 spiro atoms. The van der Waals surface area contributed by atoms with Crippen LogP contribution >= 0.6 is 0 Å². The second-order valence-corrected chi connectivity index (χ2v) is 6.81. The van der Waals surface area contributed by atoms with E-state index in [-0.39, 0.29) is 5.69 Å². The smallest absolute Gasteiger partial charge is 0.274 e. The van der Waals surface area contributed by atoms with E-state index < -0.39 is 0 Å². The minimum absolute atomic E-state index is 0.130. The highest BCUT2D eigenvalue weighted by Crippen LogP contribution is 2.29. The Morgan fingerprint density at radius 2 is 1.87 bits per heavy atom. The summed E-state index contributed by atoms with van der Waals surface area (Å²) in [4.78, 5) is 12.7. The zero-order chi connectivity index (χ0) is 20.9. The molecule has 8 nitrogen and oxygen atoms in total. The second kappa shape index (κ2) is 8.57. The number of aromatic amines is 1. The number of H-pyrrole nitrogens is 1. The molecule has 4 rings (SSSR count). The van der Waals surface area contributed by atoms with Crippen molar-refractivity contribution in [2.24, 2.45) is 0 Å². The van der Waals surface area contributed by atoms with Gasteiger partial charge in [0, 0.05) is 18.4 Å². The summed E-state index contributed by atoms with van der Waals surface area (Å²) in [6.07, 6.45) is 6.47. The third-order valence-electron chi connectivity index (χ3n) is 4.92.